The second-order valence-electron chi connectivity index (χ2n) is 9.17. The first-order chi connectivity index (χ1) is 18.4. The van der Waals surface area contributed by atoms with E-state index in [1.807, 2.05) is 25.3 Å². The second kappa shape index (κ2) is 13.2. The number of likely N-dealkylation sites (tertiary alicyclic amines) is 1. The predicted molar refractivity (Wildman–Crippen MR) is 153 cm³/mol. The minimum absolute atomic E-state index is 0.115. The average molecular weight is 554 g/mol. The van der Waals surface area contributed by atoms with E-state index in [0.29, 0.717) is 24.6 Å². The lowest BCUT2D eigenvalue weighted by atomic mass is 10.1. The molecule has 1 fully saturated rings. The molecule has 3 aromatic rings. The Bertz CT molecular complexity index is 1320. The molecule has 1 heterocycles. The number of nitrogens with zero attached hydrogens (tertiary/aromatic N) is 2. The molecule has 4 rings (SSSR count). The van der Waals surface area contributed by atoms with Crippen LogP contribution in [0, 0.1) is 0 Å². The quantitative estimate of drug-likeness (QED) is 0.321. The van der Waals surface area contributed by atoms with E-state index in [1.54, 1.807) is 48.5 Å². The van der Waals surface area contributed by atoms with E-state index in [0.717, 1.165) is 34.4 Å². The zero-order valence-corrected chi connectivity index (χ0v) is 23.6. The van der Waals surface area contributed by atoms with Crippen molar-refractivity contribution in [3.63, 3.8) is 0 Å². The van der Waals surface area contributed by atoms with Gasteiger partial charge in [0.25, 0.3) is 10.0 Å². The fourth-order valence-corrected chi connectivity index (χ4v) is 6.38. The Hall–Kier alpha value is -3.01. The van der Waals surface area contributed by atoms with Gasteiger partial charge in [-0.2, -0.15) is 0 Å². The van der Waals surface area contributed by atoms with Crippen LogP contribution in [0.5, 0.6) is 5.75 Å². The van der Waals surface area contributed by atoms with Gasteiger partial charge in [0.15, 0.2) is 0 Å². The fraction of sp³-hybridized carbons (Fsp3) is 0.345. The van der Waals surface area contributed by atoms with Gasteiger partial charge in [0.1, 0.15) is 12.3 Å². The van der Waals surface area contributed by atoms with Gasteiger partial charge >= 0.3 is 0 Å². The Morgan fingerprint density at radius 1 is 1.00 bits per heavy atom. The number of hydrogen-bond donors (Lipinski definition) is 1. The summed E-state index contributed by atoms with van der Waals surface area (Å²) in [5, 5.41) is 2.91. The molecule has 0 atom stereocenters. The number of ether oxygens (including phenoxy) is 1. The van der Waals surface area contributed by atoms with Crippen molar-refractivity contribution in [3.8, 4) is 5.75 Å². The summed E-state index contributed by atoms with van der Waals surface area (Å²) in [6.07, 6.45) is 4.41. The molecule has 9 heteroatoms. The van der Waals surface area contributed by atoms with Crippen LogP contribution in [0.15, 0.2) is 82.6 Å². The molecule has 38 heavy (non-hydrogen) atoms. The van der Waals surface area contributed by atoms with Crippen molar-refractivity contribution in [2.45, 2.75) is 42.6 Å². The van der Waals surface area contributed by atoms with E-state index in [1.165, 1.54) is 30.2 Å². The standard InChI is InChI=1S/C29H35N3O4S2/c1-3-36-28-12-5-4-11-27(28)32(38(34,35)26-15-13-25(37-2)14-16-26)22-29(33)30-20-23-9-8-10-24(19-23)21-31-17-6-7-18-31/h4-5,8-16,19H,3,6-7,17-18,20-22H2,1-2H3,(H,30,33). The van der Waals surface area contributed by atoms with Crippen LogP contribution in [0.4, 0.5) is 5.69 Å². The molecule has 1 aliphatic heterocycles. The molecule has 7 nitrogen and oxygen atoms in total. The van der Waals surface area contributed by atoms with Crippen LogP contribution in [0.2, 0.25) is 0 Å². The number of thioether (sulfide) groups is 1. The molecule has 0 saturated carbocycles. The van der Waals surface area contributed by atoms with E-state index >= 15 is 0 Å². The highest BCUT2D eigenvalue weighted by atomic mass is 32.2. The van der Waals surface area contributed by atoms with Gasteiger partial charge < -0.3 is 10.1 Å². The second-order valence-corrected chi connectivity index (χ2v) is 11.9. The zero-order valence-electron chi connectivity index (χ0n) is 21.9. The topological polar surface area (TPSA) is 79.0 Å². The molecule has 0 aliphatic carbocycles. The Labute approximate surface area is 230 Å². The Balaban J connectivity index is 1.53. The lowest BCUT2D eigenvalue weighted by Crippen LogP contribution is -2.41. The molecular formula is C29H35N3O4S2. The lowest BCUT2D eigenvalue weighted by Gasteiger charge is -2.26. The van der Waals surface area contributed by atoms with Crippen molar-refractivity contribution in [2.24, 2.45) is 0 Å². The molecular weight excluding hydrogens is 518 g/mol. The molecule has 1 saturated heterocycles. The Morgan fingerprint density at radius 2 is 1.71 bits per heavy atom. The third kappa shape index (κ3) is 7.09. The highest BCUT2D eigenvalue weighted by Gasteiger charge is 2.29. The molecule has 3 aromatic carbocycles. The first-order valence-electron chi connectivity index (χ1n) is 12.9. The normalized spacial score (nSPS) is 13.8. The monoisotopic (exact) mass is 553 g/mol. The van der Waals surface area contributed by atoms with Crippen molar-refractivity contribution in [1.29, 1.82) is 0 Å². The molecule has 0 aromatic heterocycles. The van der Waals surface area contributed by atoms with Gasteiger partial charge in [0, 0.05) is 18.0 Å². The Kier molecular flexibility index (Phi) is 9.71. The smallest absolute Gasteiger partial charge is 0.264 e. The zero-order chi connectivity index (χ0) is 27.0. The van der Waals surface area contributed by atoms with E-state index < -0.39 is 15.9 Å². The largest absolute Gasteiger partial charge is 0.492 e. The number of nitrogens with one attached hydrogen (secondary N) is 1. The first-order valence-corrected chi connectivity index (χ1v) is 15.5. The average Bonchev–Trinajstić information content (AvgIpc) is 3.44. The maximum Gasteiger partial charge on any atom is 0.264 e. The molecule has 1 amide bonds. The minimum Gasteiger partial charge on any atom is -0.492 e. The molecule has 0 bridgehead atoms. The minimum atomic E-state index is -4.04. The molecule has 1 aliphatic rings. The van der Waals surface area contributed by atoms with Crippen LogP contribution in [0.1, 0.15) is 30.9 Å². The number of rotatable bonds is 12. The number of carbonyl (C=O) groups excluding carboxylic acids is 1. The van der Waals surface area contributed by atoms with Crippen molar-refractivity contribution in [1.82, 2.24) is 10.2 Å². The van der Waals surface area contributed by atoms with Crippen LogP contribution in [0.25, 0.3) is 0 Å². The van der Waals surface area contributed by atoms with E-state index in [-0.39, 0.29) is 11.4 Å². The maximum absolute atomic E-state index is 13.8. The number of hydrogen-bond acceptors (Lipinski definition) is 6. The summed E-state index contributed by atoms with van der Waals surface area (Å²) in [4.78, 5) is 16.6. The molecule has 1 N–H and O–H groups in total. The van der Waals surface area contributed by atoms with Crippen LogP contribution >= 0.6 is 11.8 Å². The van der Waals surface area contributed by atoms with Crippen molar-refractivity contribution >= 4 is 33.4 Å². The van der Waals surface area contributed by atoms with Crippen LogP contribution in [-0.2, 0) is 27.9 Å². The summed E-state index contributed by atoms with van der Waals surface area (Å²) in [6, 6.07) is 21.7. The maximum atomic E-state index is 13.8. The number of benzene rings is 3. The molecule has 0 spiro atoms. The van der Waals surface area contributed by atoms with E-state index in [2.05, 4.69) is 22.3 Å². The summed E-state index contributed by atoms with van der Waals surface area (Å²) >= 11 is 1.53. The summed E-state index contributed by atoms with van der Waals surface area (Å²) < 4.78 is 34.4. The lowest BCUT2D eigenvalue weighted by molar-refractivity contribution is -0.119. The fourth-order valence-electron chi connectivity index (χ4n) is 4.54. The van der Waals surface area contributed by atoms with Crippen LogP contribution in [0.3, 0.4) is 0 Å². The van der Waals surface area contributed by atoms with Gasteiger partial charge in [-0.3, -0.25) is 14.0 Å². The third-order valence-electron chi connectivity index (χ3n) is 6.45. The number of sulfonamides is 1. The van der Waals surface area contributed by atoms with Crippen molar-refractivity contribution in [3.05, 3.63) is 83.9 Å². The SMILES string of the molecule is CCOc1ccccc1N(CC(=O)NCc1cccc(CN2CCCC2)c1)S(=O)(=O)c1ccc(SC)cc1. The molecule has 0 radical (unpaired) electrons. The van der Waals surface area contributed by atoms with Crippen LogP contribution in [-0.4, -0.2) is 51.7 Å². The van der Waals surface area contributed by atoms with Gasteiger partial charge in [-0.25, -0.2) is 8.42 Å². The van der Waals surface area contributed by atoms with Gasteiger partial charge in [-0.15, -0.1) is 11.8 Å². The highest BCUT2D eigenvalue weighted by molar-refractivity contribution is 7.98. The number of amides is 1. The van der Waals surface area contributed by atoms with Gasteiger partial charge in [-0.1, -0.05) is 36.4 Å². The Morgan fingerprint density at radius 3 is 2.42 bits per heavy atom. The van der Waals surface area contributed by atoms with Gasteiger partial charge in [0.2, 0.25) is 5.91 Å². The van der Waals surface area contributed by atoms with E-state index in [4.69, 9.17) is 4.74 Å². The van der Waals surface area contributed by atoms with E-state index in [9.17, 15) is 13.2 Å². The number of para-hydroxylation sites is 2. The summed E-state index contributed by atoms with van der Waals surface area (Å²) in [6.45, 7) is 5.29. The van der Waals surface area contributed by atoms with Crippen molar-refractivity contribution in [2.75, 3.05) is 36.8 Å². The van der Waals surface area contributed by atoms with Crippen LogP contribution < -0.4 is 14.4 Å². The number of carbonyl (C=O) groups is 1. The third-order valence-corrected chi connectivity index (χ3v) is 8.97. The first kappa shape index (κ1) is 28.0. The van der Waals surface area contributed by atoms with Crippen molar-refractivity contribution < 1.29 is 17.9 Å². The highest BCUT2D eigenvalue weighted by Crippen LogP contribution is 2.33. The summed E-state index contributed by atoms with van der Waals surface area (Å²) in [7, 11) is -4.04. The number of anilines is 1. The predicted octanol–water partition coefficient (Wildman–Crippen LogP) is 4.91. The summed E-state index contributed by atoms with van der Waals surface area (Å²) in [5.74, 6) is 0.00674. The molecule has 0 unspecified atom stereocenters. The van der Waals surface area contributed by atoms with Gasteiger partial charge in [0.05, 0.1) is 17.2 Å². The molecule has 202 valence electrons. The summed E-state index contributed by atoms with van der Waals surface area (Å²) in [5.41, 5.74) is 2.51. The van der Waals surface area contributed by atoms with Gasteiger partial charge in [-0.05, 0) is 86.6 Å².